The highest BCUT2D eigenvalue weighted by atomic mass is 35.5. The van der Waals surface area contributed by atoms with Crippen LogP contribution in [0.25, 0.3) is 0 Å². The number of nitrogens with zero attached hydrogens (tertiary/aromatic N) is 2. The molecule has 0 unspecified atom stereocenters. The van der Waals surface area contributed by atoms with Gasteiger partial charge in [0.15, 0.2) is 0 Å². The Labute approximate surface area is 165 Å². The molecule has 1 heterocycles. The summed E-state index contributed by atoms with van der Waals surface area (Å²) in [4.78, 5) is 14.5. The van der Waals surface area contributed by atoms with Crippen molar-refractivity contribution < 1.29 is 13.2 Å². The third-order valence-electron chi connectivity index (χ3n) is 4.98. The van der Waals surface area contributed by atoms with E-state index in [1.165, 1.54) is 4.31 Å². The maximum absolute atomic E-state index is 12.9. The normalized spacial score (nSPS) is 15.7. The maximum atomic E-state index is 12.9. The third kappa shape index (κ3) is 4.51. The average Bonchev–Trinajstić information content (AvgIpc) is 2.66. The monoisotopic (exact) mass is 406 g/mol. The van der Waals surface area contributed by atoms with E-state index in [0.29, 0.717) is 42.5 Å². The van der Waals surface area contributed by atoms with Gasteiger partial charge in [-0.2, -0.15) is 4.31 Å². The van der Waals surface area contributed by atoms with Crippen LogP contribution in [0.1, 0.15) is 16.7 Å². The van der Waals surface area contributed by atoms with E-state index in [1.807, 2.05) is 32.0 Å². The van der Waals surface area contributed by atoms with E-state index in [2.05, 4.69) is 0 Å². The second-order valence-corrected chi connectivity index (χ2v) is 9.21. The summed E-state index contributed by atoms with van der Waals surface area (Å²) in [6.45, 7) is 5.27. The van der Waals surface area contributed by atoms with Crippen molar-refractivity contribution in [3.05, 3.63) is 64.2 Å². The summed E-state index contributed by atoms with van der Waals surface area (Å²) >= 11 is 5.87. The van der Waals surface area contributed by atoms with Gasteiger partial charge in [0.2, 0.25) is 15.9 Å². The topological polar surface area (TPSA) is 57.7 Å². The van der Waals surface area contributed by atoms with E-state index in [0.717, 1.165) is 16.7 Å². The SMILES string of the molecule is Cc1ccc(S(=O)(=O)N2CCN(C(=O)Cc3ccc(Cl)cc3)CC2)cc1C. The van der Waals surface area contributed by atoms with Gasteiger partial charge in [-0.1, -0.05) is 29.8 Å². The van der Waals surface area contributed by atoms with Crippen molar-refractivity contribution in [1.29, 1.82) is 0 Å². The number of carbonyl (C=O) groups excluding carboxylic acids is 1. The van der Waals surface area contributed by atoms with E-state index in [9.17, 15) is 13.2 Å². The predicted molar refractivity (Wildman–Crippen MR) is 106 cm³/mol. The molecule has 1 fully saturated rings. The number of carbonyl (C=O) groups is 1. The molecule has 0 spiro atoms. The van der Waals surface area contributed by atoms with Crippen LogP contribution in [0.4, 0.5) is 0 Å². The molecule has 2 aromatic carbocycles. The highest BCUT2D eigenvalue weighted by Gasteiger charge is 2.30. The lowest BCUT2D eigenvalue weighted by atomic mass is 10.1. The first kappa shape index (κ1) is 19.9. The minimum atomic E-state index is -3.53. The van der Waals surface area contributed by atoms with Crippen LogP contribution in [0.3, 0.4) is 0 Å². The fourth-order valence-electron chi connectivity index (χ4n) is 3.09. The Morgan fingerprint density at radius 3 is 2.19 bits per heavy atom. The van der Waals surface area contributed by atoms with Gasteiger partial charge in [0.05, 0.1) is 11.3 Å². The van der Waals surface area contributed by atoms with Crippen LogP contribution in [0.5, 0.6) is 0 Å². The molecule has 0 aliphatic carbocycles. The van der Waals surface area contributed by atoms with Crippen molar-refractivity contribution in [3.63, 3.8) is 0 Å². The summed E-state index contributed by atoms with van der Waals surface area (Å²) in [5, 5.41) is 0.636. The third-order valence-corrected chi connectivity index (χ3v) is 7.12. The summed E-state index contributed by atoms with van der Waals surface area (Å²) < 4.78 is 27.2. The van der Waals surface area contributed by atoms with E-state index in [1.54, 1.807) is 29.2 Å². The zero-order valence-corrected chi connectivity index (χ0v) is 17.1. The Bertz CT molecular complexity index is 934. The molecule has 0 bridgehead atoms. The van der Waals surface area contributed by atoms with E-state index in [4.69, 9.17) is 11.6 Å². The summed E-state index contributed by atoms with van der Waals surface area (Å²) in [5.41, 5.74) is 2.91. The van der Waals surface area contributed by atoms with Crippen molar-refractivity contribution in [1.82, 2.24) is 9.21 Å². The minimum Gasteiger partial charge on any atom is -0.340 e. The van der Waals surface area contributed by atoms with Crippen LogP contribution >= 0.6 is 11.6 Å². The van der Waals surface area contributed by atoms with Crippen LogP contribution in [0, 0.1) is 13.8 Å². The Morgan fingerprint density at radius 1 is 0.963 bits per heavy atom. The van der Waals surface area contributed by atoms with Crippen molar-refractivity contribution >= 4 is 27.5 Å². The van der Waals surface area contributed by atoms with Crippen LogP contribution in [-0.2, 0) is 21.2 Å². The van der Waals surface area contributed by atoms with Gasteiger partial charge in [-0.15, -0.1) is 0 Å². The number of piperazine rings is 1. The number of hydrogen-bond acceptors (Lipinski definition) is 3. The predicted octanol–water partition coefficient (Wildman–Crippen LogP) is 3.03. The van der Waals surface area contributed by atoms with Crippen molar-refractivity contribution in [2.75, 3.05) is 26.2 Å². The summed E-state index contributed by atoms with van der Waals surface area (Å²) in [6, 6.07) is 12.4. The number of rotatable bonds is 4. The fourth-order valence-corrected chi connectivity index (χ4v) is 4.72. The molecule has 7 heteroatoms. The highest BCUT2D eigenvalue weighted by molar-refractivity contribution is 7.89. The van der Waals surface area contributed by atoms with Crippen molar-refractivity contribution in [3.8, 4) is 0 Å². The molecule has 1 saturated heterocycles. The molecule has 1 aliphatic heterocycles. The molecule has 0 saturated carbocycles. The molecular formula is C20H23ClN2O3S. The highest BCUT2D eigenvalue weighted by Crippen LogP contribution is 2.21. The smallest absolute Gasteiger partial charge is 0.243 e. The molecule has 144 valence electrons. The lowest BCUT2D eigenvalue weighted by Crippen LogP contribution is -2.50. The molecule has 0 radical (unpaired) electrons. The zero-order chi connectivity index (χ0) is 19.6. The standard InChI is InChI=1S/C20H23ClN2O3S/c1-15-3-8-19(13-16(15)2)27(25,26)23-11-9-22(10-12-23)20(24)14-17-4-6-18(21)7-5-17/h3-8,13H,9-12,14H2,1-2H3. The van der Waals surface area contributed by atoms with Gasteiger partial charge < -0.3 is 4.90 Å². The minimum absolute atomic E-state index is 0.000510. The van der Waals surface area contributed by atoms with Gasteiger partial charge in [-0.05, 0) is 54.8 Å². The van der Waals surface area contributed by atoms with Crippen LogP contribution < -0.4 is 0 Å². The number of aryl methyl sites for hydroxylation is 2. The summed E-state index contributed by atoms with van der Waals surface area (Å²) in [6.07, 6.45) is 0.293. The molecule has 27 heavy (non-hydrogen) atoms. The van der Waals surface area contributed by atoms with Gasteiger partial charge in [0.1, 0.15) is 0 Å². The van der Waals surface area contributed by atoms with E-state index >= 15 is 0 Å². The average molecular weight is 407 g/mol. The van der Waals surface area contributed by atoms with E-state index in [-0.39, 0.29) is 5.91 Å². The first-order valence-corrected chi connectivity index (χ1v) is 10.7. The van der Waals surface area contributed by atoms with Crippen LogP contribution in [0.15, 0.2) is 47.4 Å². The van der Waals surface area contributed by atoms with Gasteiger partial charge in [0.25, 0.3) is 0 Å². The summed E-state index contributed by atoms with van der Waals surface area (Å²) in [5.74, 6) is 0.000510. The van der Waals surface area contributed by atoms with Crippen LogP contribution in [-0.4, -0.2) is 49.7 Å². The number of benzene rings is 2. The maximum Gasteiger partial charge on any atom is 0.243 e. The first-order valence-electron chi connectivity index (χ1n) is 8.87. The lowest BCUT2D eigenvalue weighted by molar-refractivity contribution is -0.131. The fraction of sp³-hybridized carbons (Fsp3) is 0.350. The second-order valence-electron chi connectivity index (χ2n) is 6.83. The molecular weight excluding hydrogens is 384 g/mol. The molecule has 0 aromatic heterocycles. The van der Waals surface area contributed by atoms with Gasteiger partial charge >= 0.3 is 0 Å². The molecule has 1 amide bonds. The molecule has 3 rings (SSSR count). The van der Waals surface area contributed by atoms with Crippen molar-refractivity contribution in [2.24, 2.45) is 0 Å². The lowest BCUT2D eigenvalue weighted by Gasteiger charge is -2.34. The number of sulfonamides is 1. The Kier molecular flexibility index (Phi) is 5.89. The Morgan fingerprint density at radius 2 is 1.59 bits per heavy atom. The number of hydrogen-bond donors (Lipinski definition) is 0. The van der Waals surface area contributed by atoms with Crippen LogP contribution in [0.2, 0.25) is 5.02 Å². The van der Waals surface area contributed by atoms with Crippen molar-refractivity contribution in [2.45, 2.75) is 25.2 Å². The Balaban J connectivity index is 1.63. The number of amides is 1. The molecule has 0 atom stereocenters. The number of halogens is 1. The summed E-state index contributed by atoms with van der Waals surface area (Å²) in [7, 11) is -3.53. The van der Waals surface area contributed by atoms with Gasteiger partial charge in [0, 0.05) is 31.2 Å². The molecule has 1 aliphatic rings. The quantitative estimate of drug-likeness (QED) is 0.784. The first-order chi connectivity index (χ1) is 12.8. The molecule has 0 N–H and O–H groups in total. The second kappa shape index (κ2) is 8.00. The van der Waals surface area contributed by atoms with Gasteiger partial charge in [-0.25, -0.2) is 8.42 Å². The zero-order valence-electron chi connectivity index (χ0n) is 15.5. The largest absolute Gasteiger partial charge is 0.340 e. The molecule has 2 aromatic rings. The molecule has 5 nitrogen and oxygen atoms in total. The van der Waals surface area contributed by atoms with Gasteiger partial charge in [-0.3, -0.25) is 4.79 Å². The Hall–Kier alpha value is -1.89. The van der Waals surface area contributed by atoms with E-state index < -0.39 is 10.0 Å².